The van der Waals surface area contributed by atoms with Crippen LogP contribution in [-0.4, -0.2) is 0 Å². The Morgan fingerprint density at radius 3 is 0.838 bits per heavy atom. The molecule has 0 fully saturated rings. The van der Waals surface area contributed by atoms with Gasteiger partial charge in [0.2, 0.25) is 0 Å². The molecule has 0 amide bonds. The van der Waals surface area contributed by atoms with Crippen LogP contribution >= 0.6 is 0 Å². The molecule has 3 aliphatic heterocycles. The molecule has 4 heteroatoms. The van der Waals surface area contributed by atoms with Crippen LogP contribution in [0.4, 0.5) is 0 Å². The van der Waals surface area contributed by atoms with Crippen molar-refractivity contribution in [3.05, 3.63) is 199 Å². The first-order valence-corrected chi connectivity index (χ1v) is 12.0. The molecular weight excluding hydrogens is 631 g/mol. The Kier molecular flexibility index (Phi) is 11.6. The van der Waals surface area contributed by atoms with Crippen LogP contribution in [0.1, 0.15) is 16.7 Å². The van der Waals surface area contributed by atoms with Gasteiger partial charge in [0.05, 0.1) is 0 Å². The monoisotopic (exact) mass is 661 g/mol. The van der Waals surface area contributed by atoms with Crippen molar-refractivity contribution < 1.29 is 20.1 Å². The third-order valence-electron chi connectivity index (χ3n) is 5.38. The van der Waals surface area contributed by atoms with Crippen molar-refractivity contribution in [3.8, 4) is 0 Å². The number of hydrogen-bond acceptors (Lipinski definition) is 3. The first kappa shape index (κ1) is 27.3. The van der Waals surface area contributed by atoms with Gasteiger partial charge in [0.25, 0.3) is 0 Å². The molecule has 3 aromatic rings. The molecule has 0 radical (unpaired) electrons. The molecule has 0 unspecified atom stereocenters. The van der Waals surface area contributed by atoms with Gasteiger partial charge in [0.1, 0.15) is 0 Å². The van der Waals surface area contributed by atoms with Crippen molar-refractivity contribution in [2.24, 2.45) is 0 Å². The summed E-state index contributed by atoms with van der Waals surface area (Å²) in [6, 6.07) is 34.3. The second-order valence-corrected chi connectivity index (χ2v) is 7.93. The van der Waals surface area contributed by atoms with Crippen molar-refractivity contribution in [1.82, 2.24) is 16.0 Å². The average Bonchev–Trinajstić information content (AvgIpc) is 3.01. The molecule has 3 aromatic carbocycles. The summed E-state index contributed by atoms with van der Waals surface area (Å²) < 4.78 is 0. The van der Waals surface area contributed by atoms with E-state index in [-0.39, 0.29) is 20.1 Å². The molecule has 37 heavy (non-hydrogen) atoms. The van der Waals surface area contributed by atoms with Crippen molar-refractivity contribution in [2.45, 2.75) is 0 Å². The van der Waals surface area contributed by atoms with Gasteiger partial charge >= 0.3 is 20.1 Å². The van der Waals surface area contributed by atoms with Gasteiger partial charge in [0, 0.05) is 0 Å². The van der Waals surface area contributed by atoms with Crippen LogP contribution in [0.5, 0.6) is 0 Å². The molecule has 3 heterocycles. The Labute approximate surface area is 234 Å². The molecule has 186 valence electrons. The van der Waals surface area contributed by atoms with Crippen LogP contribution in [0, 0.1) is 18.1 Å². The van der Waals surface area contributed by atoms with E-state index in [1.54, 1.807) is 0 Å². The number of rotatable bonds is 3. The number of benzene rings is 3. The minimum atomic E-state index is 0. The zero-order chi connectivity index (χ0) is 24.7. The minimum absolute atomic E-state index is 0. The predicted octanol–water partition coefficient (Wildman–Crippen LogP) is 6.72. The maximum absolute atomic E-state index is 3.18. The van der Waals surface area contributed by atoms with Gasteiger partial charge in [-0.25, -0.2) is 0 Å². The molecule has 0 bridgehead atoms. The van der Waals surface area contributed by atoms with Crippen LogP contribution < -0.4 is 16.0 Å². The topological polar surface area (TPSA) is 36.1 Å². The Morgan fingerprint density at radius 1 is 0.351 bits per heavy atom. The van der Waals surface area contributed by atoms with E-state index in [9.17, 15) is 0 Å². The summed E-state index contributed by atoms with van der Waals surface area (Å²) in [6.45, 7) is 0. The Bertz CT molecular complexity index is 1060. The van der Waals surface area contributed by atoms with E-state index < -0.39 is 0 Å². The zero-order valence-corrected chi connectivity index (χ0v) is 22.8. The minimum Gasteiger partial charge on any atom is -0.402 e. The van der Waals surface area contributed by atoms with Crippen LogP contribution in [0.25, 0.3) is 0 Å². The van der Waals surface area contributed by atoms with Crippen LogP contribution in [0.15, 0.2) is 164 Å². The number of hydrogen-bond donors (Lipinski definition) is 3. The second-order valence-electron chi connectivity index (χ2n) is 7.93. The molecule has 3 aliphatic rings. The smallest absolute Gasteiger partial charge is 0.402 e. The largest absolute Gasteiger partial charge is 3.00 e. The van der Waals surface area contributed by atoms with Gasteiger partial charge < -0.3 is 16.0 Å². The second kappa shape index (κ2) is 15.7. The van der Waals surface area contributed by atoms with Gasteiger partial charge in [-0.1, -0.05) is 36.4 Å². The van der Waals surface area contributed by atoms with Gasteiger partial charge in [-0.3, -0.25) is 0 Å². The molecule has 6 rings (SSSR count). The molecule has 3 N–H and O–H groups in total. The number of dihydropyridines is 3. The summed E-state index contributed by atoms with van der Waals surface area (Å²) in [6.07, 6.45) is 24.0. The summed E-state index contributed by atoms with van der Waals surface area (Å²) in [7, 11) is 0. The van der Waals surface area contributed by atoms with Crippen LogP contribution in [0.2, 0.25) is 0 Å². The number of allylic oxidation sites excluding steroid dienone is 6. The van der Waals surface area contributed by atoms with Gasteiger partial charge in [-0.2, -0.15) is 0 Å². The predicted molar refractivity (Wildman–Crippen MR) is 151 cm³/mol. The van der Waals surface area contributed by atoms with E-state index in [4.69, 9.17) is 0 Å². The normalized spacial score (nSPS) is 14.1. The standard InChI is InChI=1S/3C11H10N.Ir/c3*1-2-6-10(7-3-1)11-8-4-5-9-12-11;/h3*1-9,12H;/q3*-1;+3. The maximum Gasteiger partial charge on any atom is 3.00 e. The van der Waals surface area contributed by atoms with Crippen LogP contribution in [-0.2, 0) is 20.1 Å². The third kappa shape index (κ3) is 9.05. The fourth-order valence-corrected chi connectivity index (χ4v) is 3.57. The van der Waals surface area contributed by atoms with Crippen molar-refractivity contribution in [2.75, 3.05) is 0 Å². The molecule has 0 spiro atoms. The maximum atomic E-state index is 3.18. The van der Waals surface area contributed by atoms with E-state index in [1.165, 1.54) is 16.7 Å². The van der Waals surface area contributed by atoms with Crippen molar-refractivity contribution in [3.63, 3.8) is 0 Å². The van der Waals surface area contributed by atoms with E-state index in [2.05, 4.69) is 70.6 Å². The fraction of sp³-hybridized carbons (Fsp3) is 0. The molecular formula is C33H30IrN3. The summed E-state index contributed by atoms with van der Waals surface area (Å²) in [5, 5.41) is 9.55. The molecule has 0 saturated carbocycles. The van der Waals surface area contributed by atoms with Crippen LogP contribution in [0.3, 0.4) is 0 Å². The van der Waals surface area contributed by atoms with Gasteiger partial charge in [-0.05, 0) is 36.7 Å². The quantitative estimate of drug-likeness (QED) is 0.273. The average molecular weight is 661 g/mol. The SMILES string of the molecule is C1=CN[C-](c2ccccc2)C=C1.C1=CN[C-](c2ccccc2)C=C1.C1=CN[C-](c2ccccc2)C=C1.[Ir+3]. The summed E-state index contributed by atoms with van der Waals surface area (Å²) in [5.74, 6) is 0. The molecule has 0 aromatic heterocycles. The zero-order valence-electron chi connectivity index (χ0n) is 20.4. The van der Waals surface area contributed by atoms with E-state index in [0.717, 1.165) is 18.1 Å². The first-order valence-electron chi connectivity index (χ1n) is 12.0. The molecule has 0 atom stereocenters. The molecule has 3 nitrogen and oxygen atoms in total. The third-order valence-corrected chi connectivity index (χ3v) is 5.38. The Balaban J connectivity index is 0.000000152. The summed E-state index contributed by atoms with van der Waals surface area (Å²) in [5.41, 5.74) is 3.66. The molecule has 0 aliphatic carbocycles. The Hall–Kier alpha value is -4.24. The van der Waals surface area contributed by atoms with E-state index in [0.29, 0.717) is 0 Å². The summed E-state index contributed by atoms with van der Waals surface area (Å²) >= 11 is 0. The molecule has 0 saturated heterocycles. The van der Waals surface area contributed by atoms with E-state index >= 15 is 0 Å². The Morgan fingerprint density at radius 2 is 0.622 bits per heavy atom. The van der Waals surface area contributed by atoms with E-state index in [1.807, 2.05) is 110 Å². The first-order chi connectivity index (χ1) is 17.9. The fourth-order valence-electron chi connectivity index (χ4n) is 3.57. The van der Waals surface area contributed by atoms with Gasteiger partial charge in [-0.15, -0.1) is 126 Å². The van der Waals surface area contributed by atoms with Gasteiger partial charge in [0.15, 0.2) is 0 Å². The van der Waals surface area contributed by atoms with Crippen molar-refractivity contribution >= 4 is 0 Å². The number of nitrogens with one attached hydrogen (secondary N) is 3. The summed E-state index contributed by atoms with van der Waals surface area (Å²) in [4.78, 5) is 0. The van der Waals surface area contributed by atoms with Crippen molar-refractivity contribution in [1.29, 1.82) is 0 Å².